The highest BCUT2D eigenvalue weighted by atomic mass is 16.2. The fourth-order valence-corrected chi connectivity index (χ4v) is 2.57. The van der Waals surface area contributed by atoms with Crippen LogP contribution in [0.5, 0.6) is 0 Å². The molecule has 1 heterocycles. The highest BCUT2D eigenvalue weighted by Gasteiger charge is 2.28. The first-order valence-electron chi connectivity index (χ1n) is 8.23. The van der Waals surface area contributed by atoms with Crippen LogP contribution >= 0.6 is 0 Å². The number of aromatic nitrogens is 2. The summed E-state index contributed by atoms with van der Waals surface area (Å²) >= 11 is 0. The second-order valence-corrected chi connectivity index (χ2v) is 5.94. The number of amides is 1. The molecule has 22 heavy (non-hydrogen) atoms. The van der Waals surface area contributed by atoms with E-state index in [4.69, 9.17) is 0 Å². The van der Waals surface area contributed by atoms with E-state index < -0.39 is 0 Å². The molecular formula is C18H23N3O. The van der Waals surface area contributed by atoms with Crippen LogP contribution < -0.4 is 5.32 Å². The van der Waals surface area contributed by atoms with Gasteiger partial charge in [0.2, 0.25) is 0 Å². The van der Waals surface area contributed by atoms with Gasteiger partial charge >= 0.3 is 0 Å². The van der Waals surface area contributed by atoms with Gasteiger partial charge in [-0.2, -0.15) is 5.10 Å². The average Bonchev–Trinajstić information content (AvgIpc) is 3.31. The smallest absolute Gasteiger partial charge is 0.270 e. The molecule has 2 aromatic rings. The lowest BCUT2D eigenvalue weighted by Gasteiger charge is -2.08. The molecule has 0 unspecified atom stereocenters. The zero-order valence-corrected chi connectivity index (χ0v) is 13.1. The molecule has 0 atom stereocenters. The van der Waals surface area contributed by atoms with E-state index in [0.29, 0.717) is 11.6 Å². The third-order valence-electron chi connectivity index (χ3n) is 4.02. The number of benzene rings is 1. The fourth-order valence-electron chi connectivity index (χ4n) is 2.57. The molecule has 3 rings (SSSR count). The van der Waals surface area contributed by atoms with E-state index in [0.717, 1.165) is 37.2 Å². The molecule has 1 amide bonds. The first kappa shape index (κ1) is 14.8. The molecule has 1 aliphatic carbocycles. The van der Waals surface area contributed by atoms with Gasteiger partial charge in [0.15, 0.2) is 0 Å². The Hall–Kier alpha value is -2.10. The van der Waals surface area contributed by atoms with Crippen LogP contribution in [0.2, 0.25) is 0 Å². The van der Waals surface area contributed by atoms with Crippen molar-refractivity contribution < 1.29 is 4.79 Å². The van der Waals surface area contributed by atoms with Crippen molar-refractivity contribution in [3.63, 3.8) is 0 Å². The lowest BCUT2D eigenvalue weighted by atomic mass is 10.2. The predicted octanol–water partition coefficient (Wildman–Crippen LogP) is 3.67. The van der Waals surface area contributed by atoms with Crippen molar-refractivity contribution in [1.29, 1.82) is 0 Å². The van der Waals surface area contributed by atoms with Crippen LogP contribution in [-0.4, -0.2) is 22.2 Å². The summed E-state index contributed by atoms with van der Waals surface area (Å²) in [5.74, 6) is 0.510. The van der Waals surface area contributed by atoms with Crippen molar-refractivity contribution in [2.75, 3.05) is 6.54 Å². The minimum Gasteiger partial charge on any atom is -0.351 e. The Kier molecular flexibility index (Phi) is 4.56. The zero-order chi connectivity index (χ0) is 15.4. The van der Waals surface area contributed by atoms with Gasteiger partial charge in [0, 0.05) is 12.5 Å². The Balaban J connectivity index is 1.81. The maximum atomic E-state index is 12.5. The number of para-hydroxylation sites is 1. The number of hydrogen-bond donors (Lipinski definition) is 1. The highest BCUT2D eigenvalue weighted by molar-refractivity contribution is 5.93. The summed E-state index contributed by atoms with van der Waals surface area (Å²) in [5.41, 5.74) is 2.63. The van der Waals surface area contributed by atoms with E-state index in [2.05, 4.69) is 17.3 Å². The zero-order valence-electron chi connectivity index (χ0n) is 13.1. The number of rotatable bonds is 7. The molecule has 1 aromatic heterocycles. The molecule has 116 valence electrons. The Bertz CT molecular complexity index is 629. The summed E-state index contributed by atoms with van der Waals surface area (Å²) in [6.45, 7) is 2.89. The lowest BCUT2D eigenvalue weighted by molar-refractivity contribution is 0.0945. The second-order valence-electron chi connectivity index (χ2n) is 5.94. The van der Waals surface area contributed by atoms with E-state index >= 15 is 0 Å². The average molecular weight is 297 g/mol. The summed E-state index contributed by atoms with van der Waals surface area (Å²) in [6, 6.07) is 11.8. The van der Waals surface area contributed by atoms with Gasteiger partial charge in [-0.3, -0.25) is 4.79 Å². The van der Waals surface area contributed by atoms with Gasteiger partial charge in [0.25, 0.3) is 5.91 Å². The van der Waals surface area contributed by atoms with Crippen molar-refractivity contribution in [2.45, 2.75) is 44.9 Å². The van der Waals surface area contributed by atoms with Crippen LogP contribution in [0.1, 0.15) is 61.1 Å². The number of carbonyl (C=O) groups is 1. The summed E-state index contributed by atoms with van der Waals surface area (Å²) in [5, 5.41) is 7.68. The molecule has 0 saturated heterocycles. The van der Waals surface area contributed by atoms with Gasteiger partial charge in [0.1, 0.15) is 5.69 Å². The number of nitrogens with zero attached hydrogens (tertiary/aromatic N) is 2. The third-order valence-corrected chi connectivity index (χ3v) is 4.02. The lowest BCUT2D eigenvalue weighted by Crippen LogP contribution is -2.26. The molecule has 1 aliphatic rings. The minimum atomic E-state index is -0.0284. The van der Waals surface area contributed by atoms with Crippen LogP contribution in [0.25, 0.3) is 5.69 Å². The topological polar surface area (TPSA) is 46.9 Å². The van der Waals surface area contributed by atoms with Crippen LogP contribution in [-0.2, 0) is 0 Å². The van der Waals surface area contributed by atoms with Crippen LogP contribution in [0.4, 0.5) is 0 Å². The molecule has 4 nitrogen and oxygen atoms in total. The van der Waals surface area contributed by atoms with E-state index in [9.17, 15) is 4.79 Å². The Morgan fingerprint density at radius 2 is 2.05 bits per heavy atom. The first-order valence-corrected chi connectivity index (χ1v) is 8.23. The highest BCUT2D eigenvalue weighted by Crippen LogP contribution is 2.39. The number of unbranched alkanes of at least 4 members (excludes halogenated alkanes) is 2. The molecule has 4 heteroatoms. The normalized spacial score (nSPS) is 14.0. The number of nitrogens with one attached hydrogen (secondary N) is 1. The van der Waals surface area contributed by atoms with Crippen LogP contribution in [0.15, 0.2) is 36.4 Å². The minimum absolute atomic E-state index is 0.0284. The number of carbonyl (C=O) groups excluding carboxylic acids is 1. The van der Waals surface area contributed by atoms with E-state index in [-0.39, 0.29) is 5.91 Å². The van der Waals surface area contributed by atoms with Crippen molar-refractivity contribution >= 4 is 5.91 Å². The Morgan fingerprint density at radius 3 is 2.73 bits per heavy atom. The van der Waals surface area contributed by atoms with Gasteiger partial charge in [0.05, 0.1) is 11.4 Å². The summed E-state index contributed by atoms with van der Waals surface area (Å²) in [6.07, 6.45) is 5.69. The predicted molar refractivity (Wildman–Crippen MR) is 87.4 cm³/mol. The molecule has 1 fully saturated rings. The van der Waals surface area contributed by atoms with E-state index in [1.807, 2.05) is 36.4 Å². The number of hydrogen-bond acceptors (Lipinski definition) is 2. The first-order chi connectivity index (χ1) is 10.8. The monoisotopic (exact) mass is 297 g/mol. The van der Waals surface area contributed by atoms with Crippen LogP contribution in [0.3, 0.4) is 0 Å². The van der Waals surface area contributed by atoms with Crippen molar-refractivity contribution in [3.8, 4) is 5.69 Å². The largest absolute Gasteiger partial charge is 0.351 e. The molecular weight excluding hydrogens is 274 g/mol. The SMILES string of the molecule is CCCCCNC(=O)c1cc(C2CC2)nn1-c1ccccc1. The molecule has 0 radical (unpaired) electrons. The maximum Gasteiger partial charge on any atom is 0.270 e. The van der Waals surface area contributed by atoms with Gasteiger partial charge in [-0.1, -0.05) is 38.0 Å². The molecule has 1 saturated carbocycles. The van der Waals surface area contributed by atoms with Gasteiger partial charge in [-0.05, 0) is 37.5 Å². The summed E-state index contributed by atoms with van der Waals surface area (Å²) in [4.78, 5) is 12.5. The van der Waals surface area contributed by atoms with E-state index in [1.165, 1.54) is 12.8 Å². The molecule has 1 aromatic carbocycles. The fraction of sp³-hybridized carbons (Fsp3) is 0.444. The van der Waals surface area contributed by atoms with Gasteiger partial charge in [-0.15, -0.1) is 0 Å². The molecule has 0 spiro atoms. The van der Waals surface area contributed by atoms with E-state index in [1.54, 1.807) is 4.68 Å². The Labute approximate surface area is 131 Å². The van der Waals surface area contributed by atoms with Gasteiger partial charge < -0.3 is 5.32 Å². The quantitative estimate of drug-likeness (QED) is 0.793. The maximum absolute atomic E-state index is 12.5. The van der Waals surface area contributed by atoms with Crippen molar-refractivity contribution in [3.05, 3.63) is 47.8 Å². The summed E-state index contributed by atoms with van der Waals surface area (Å²) in [7, 11) is 0. The summed E-state index contributed by atoms with van der Waals surface area (Å²) < 4.78 is 1.78. The molecule has 0 bridgehead atoms. The second kappa shape index (κ2) is 6.77. The van der Waals surface area contributed by atoms with Gasteiger partial charge in [-0.25, -0.2) is 4.68 Å². The molecule has 1 N–H and O–H groups in total. The van der Waals surface area contributed by atoms with Crippen molar-refractivity contribution in [1.82, 2.24) is 15.1 Å². The standard InChI is InChI=1S/C18H23N3O/c1-2-3-7-12-19-18(22)17-13-16(14-10-11-14)20-21(17)15-8-5-4-6-9-15/h4-6,8-9,13-14H,2-3,7,10-12H2,1H3,(H,19,22). The Morgan fingerprint density at radius 1 is 1.27 bits per heavy atom. The molecule has 0 aliphatic heterocycles. The third kappa shape index (κ3) is 3.38. The van der Waals surface area contributed by atoms with Crippen molar-refractivity contribution in [2.24, 2.45) is 0 Å². The van der Waals surface area contributed by atoms with Crippen LogP contribution in [0, 0.1) is 0 Å².